The number of anilines is 1. The maximum Gasteiger partial charge on any atom is 0.278 e. The molecule has 0 aliphatic rings. The summed E-state index contributed by atoms with van der Waals surface area (Å²) in [5.74, 6) is 0.510. The molecule has 1 unspecified atom stereocenters. The van der Waals surface area contributed by atoms with Crippen molar-refractivity contribution in [2.75, 3.05) is 39.1 Å². The van der Waals surface area contributed by atoms with Crippen molar-refractivity contribution in [3.63, 3.8) is 0 Å². The Hall–Kier alpha value is -2.57. The molecule has 2 aromatic rings. The van der Waals surface area contributed by atoms with Crippen molar-refractivity contribution in [2.24, 2.45) is 0 Å². The molecule has 0 saturated heterocycles. The molecular weight excluding hydrogens is 390 g/mol. The molecule has 0 aromatic heterocycles. The predicted molar refractivity (Wildman–Crippen MR) is 116 cm³/mol. The molecule has 0 aliphatic heterocycles. The predicted octanol–water partition coefficient (Wildman–Crippen LogP) is 2.16. The Labute approximate surface area is 177 Å². The maximum absolute atomic E-state index is 12.7. The van der Waals surface area contributed by atoms with Crippen LogP contribution in [0.4, 0.5) is 5.69 Å². The van der Waals surface area contributed by atoms with Crippen LogP contribution in [-0.4, -0.2) is 50.5 Å². The lowest BCUT2D eigenvalue weighted by Gasteiger charge is -2.22. The Balaban J connectivity index is 1.89. The van der Waals surface area contributed by atoms with Gasteiger partial charge in [0.25, 0.3) is 5.91 Å². The fourth-order valence-electron chi connectivity index (χ4n) is 2.99. The number of carbonyl (C=O) groups excluding carboxylic acids is 2. The number of hydrogen-bond donors (Lipinski definition) is 2. The first-order chi connectivity index (χ1) is 13.8. The quantitative estimate of drug-likeness (QED) is 0.656. The highest BCUT2D eigenvalue weighted by atomic mass is 35.5. The lowest BCUT2D eigenvalue weighted by atomic mass is 10.2. The summed E-state index contributed by atoms with van der Waals surface area (Å²) in [6, 6.07) is 13.1. The minimum absolute atomic E-state index is 0.0110. The number of benzene rings is 2. The molecule has 156 valence electrons. The Morgan fingerprint density at radius 2 is 1.86 bits per heavy atom. The summed E-state index contributed by atoms with van der Waals surface area (Å²) in [5.41, 5.74) is 2.70. The number of methoxy groups -OCH3 is 1. The van der Waals surface area contributed by atoms with E-state index in [1.54, 1.807) is 24.1 Å². The van der Waals surface area contributed by atoms with Gasteiger partial charge in [0.2, 0.25) is 5.91 Å². The van der Waals surface area contributed by atoms with Crippen LogP contribution in [0.25, 0.3) is 0 Å². The van der Waals surface area contributed by atoms with E-state index in [1.165, 1.54) is 0 Å². The first kappa shape index (κ1) is 22.7. The lowest BCUT2D eigenvalue weighted by molar-refractivity contribution is -0.885. The number of carbonyl (C=O) groups is 2. The van der Waals surface area contributed by atoms with Gasteiger partial charge in [0.1, 0.15) is 18.8 Å². The van der Waals surface area contributed by atoms with Crippen molar-refractivity contribution < 1.29 is 19.2 Å². The standard InChI is InChI=1S/C22H28ClN3O3/c1-5-26(14-21(27)24-20-12-18(23)9-6-16(20)2)22(28)15-25(3)13-17-7-10-19(29-4)11-8-17/h6-12H,5,13-15H2,1-4H3,(H,24,27)/p+1. The first-order valence-electron chi connectivity index (χ1n) is 9.60. The maximum atomic E-state index is 12.7. The minimum atomic E-state index is -0.238. The molecule has 29 heavy (non-hydrogen) atoms. The van der Waals surface area contributed by atoms with Crippen LogP contribution in [0, 0.1) is 6.92 Å². The van der Waals surface area contributed by atoms with E-state index < -0.39 is 0 Å². The molecule has 6 nitrogen and oxygen atoms in total. The summed E-state index contributed by atoms with van der Waals surface area (Å²) in [6.45, 7) is 5.26. The van der Waals surface area contributed by atoms with E-state index >= 15 is 0 Å². The Bertz CT molecular complexity index is 840. The Kier molecular flexibility index (Phi) is 8.49. The molecule has 0 fully saturated rings. The summed E-state index contributed by atoms with van der Waals surface area (Å²) in [4.78, 5) is 27.7. The number of rotatable bonds is 9. The molecule has 2 N–H and O–H groups in total. The van der Waals surface area contributed by atoms with Crippen LogP contribution in [0.3, 0.4) is 0 Å². The van der Waals surface area contributed by atoms with Crippen LogP contribution in [0.5, 0.6) is 5.75 Å². The lowest BCUT2D eigenvalue weighted by Crippen LogP contribution is -3.08. The average Bonchev–Trinajstić information content (AvgIpc) is 2.69. The van der Waals surface area contributed by atoms with E-state index in [2.05, 4.69) is 5.32 Å². The van der Waals surface area contributed by atoms with Gasteiger partial charge in [0, 0.05) is 22.8 Å². The number of quaternary nitrogens is 1. The number of ether oxygens (including phenoxy) is 1. The van der Waals surface area contributed by atoms with Gasteiger partial charge in [-0.25, -0.2) is 0 Å². The number of likely N-dealkylation sites (N-methyl/N-ethyl adjacent to an activating group) is 2. The zero-order valence-electron chi connectivity index (χ0n) is 17.4. The highest BCUT2D eigenvalue weighted by molar-refractivity contribution is 6.31. The summed E-state index contributed by atoms with van der Waals surface area (Å²) >= 11 is 6.00. The van der Waals surface area contributed by atoms with Gasteiger partial charge in [-0.15, -0.1) is 0 Å². The molecule has 2 aromatic carbocycles. The monoisotopic (exact) mass is 418 g/mol. The molecule has 7 heteroatoms. The normalized spacial score (nSPS) is 11.6. The smallest absolute Gasteiger partial charge is 0.278 e. The van der Waals surface area contributed by atoms with Crippen molar-refractivity contribution in [3.8, 4) is 5.75 Å². The molecule has 0 heterocycles. The van der Waals surface area contributed by atoms with Gasteiger partial charge >= 0.3 is 0 Å². The van der Waals surface area contributed by atoms with E-state index in [9.17, 15) is 9.59 Å². The molecule has 0 saturated carbocycles. The minimum Gasteiger partial charge on any atom is -0.497 e. The van der Waals surface area contributed by atoms with Gasteiger partial charge in [-0.1, -0.05) is 17.7 Å². The zero-order valence-corrected chi connectivity index (χ0v) is 18.2. The third kappa shape index (κ3) is 7.07. The second kappa shape index (κ2) is 10.8. The SMILES string of the molecule is CCN(CC(=O)Nc1cc(Cl)ccc1C)C(=O)C[NH+](C)Cc1ccc(OC)cc1. The first-order valence-corrected chi connectivity index (χ1v) is 9.98. The molecule has 2 amide bonds. The fourth-order valence-corrected chi connectivity index (χ4v) is 3.16. The zero-order chi connectivity index (χ0) is 21.4. The topological polar surface area (TPSA) is 63.1 Å². The summed E-state index contributed by atoms with van der Waals surface area (Å²) in [7, 11) is 3.60. The van der Waals surface area contributed by atoms with E-state index in [1.807, 2.05) is 51.2 Å². The van der Waals surface area contributed by atoms with Crippen molar-refractivity contribution >= 4 is 29.1 Å². The molecule has 2 rings (SSSR count). The van der Waals surface area contributed by atoms with Crippen molar-refractivity contribution in [1.82, 2.24) is 4.90 Å². The summed E-state index contributed by atoms with van der Waals surface area (Å²) < 4.78 is 5.17. The highest BCUT2D eigenvalue weighted by Crippen LogP contribution is 2.20. The number of hydrogen-bond acceptors (Lipinski definition) is 3. The number of halogens is 1. The van der Waals surface area contributed by atoms with Gasteiger partial charge < -0.3 is 19.9 Å². The highest BCUT2D eigenvalue weighted by Gasteiger charge is 2.20. The summed E-state index contributed by atoms with van der Waals surface area (Å²) in [6.07, 6.45) is 0. The molecule has 0 aliphatic carbocycles. The number of aryl methyl sites for hydroxylation is 1. The van der Waals surface area contributed by atoms with E-state index in [0.29, 0.717) is 30.3 Å². The second-order valence-electron chi connectivity index (χ2n) is 7.07. The second-order valence-corrected chi connectivity index (χ2v) is 7.51. The van der Waals surface area contributed by atoms with E-state index in [4.69, 9.17) is 16.3 Å². The van der Waals surface area contributed by atoms with Gasteiger partial charge in [-0.2, -0.15) is 0 Å². The number of nitrogens with zero attached hydrogens (tertiary/aromatic N) is 1. The van der Waals surface area contributed by atoms with Gasteiger partial charge in [0.15, 0.2) is 6.54 Å². The van der Waals surface area contributed by atoms with Crippen LogP contribution in [0.1, 0.15) is 18.1 Å². The van der Waals surface area contributed by atoms with Crippen molar-refractivity contribution in [2.45, 2.75) is 20.4 Å². The van der Waals surface area contributed by atoms with Crippen molar-refractivity contribution in [1.29, 1.82) is 0 Å². The third-order valence-electron chi connectivity index (χ3n) is 4.66. The number of amides is 2. The molecule has 0 spiro atoms. The Morgan fingerprint density at radius 1 is 1.17 bits per heavy atom. The molecule has 1 atom stereocenters. The summed E-state index contributed by atoms with van der Waals surface area (Å²) in [5, 5.41) is 3.39. The van der Waals surface area contributed by atoms with Crippen LogP contribution < -0.4 is 15.0 Å². The third-order valence-corrected chi connectivity index (χ3v) is 4.90. The van der Waals surface area contributed by atoms with Gasteiger partial charge in [-0.05, 0) is 55.8 Å². The van der Waals surface area contributed by atoms with Crippen LogP contribution in [0.15, 0.2) is 42.5 Å². The van der Waals surface area contributed by atoms with E-state index in [-0.39, 0.29) is 18.4 Å². The molecule has 0 radical (unpaired) electrons. The average molecular weight is 419 g/mol. The van der Waals surface area contributed by atoms with Crippen LogP contribution >= 0.6 is 11.6 Å². The van der Waals surface area contributed by atoms with Crippen LogP contribution in [-0.2, 0) is 16.1 Å². The largest absolute Gasteiger partial charge is 0.497 e. The van der Waals surface area contributed by atoms with Crippen LogP contribution in [0.2, 0.25) is 5.02 Å². The van der Waals surface area contributed by atoms with Gasteiger partial charge in [0.05, 0.1) is 14.2 Å². The van der Waals surface area contributed by atoms with Gasteiger partial charge in [-0.3, -0.25) is 9.59 Å². The fraction of sp³-hybridized carbons (Fsp3) is 0.364. The van der Waals surface area contributed by atoms with E-state index in [0.717, 1.165) is 21.8 Å². The molecular formula is C22H29ClN3O3+. The van der Waals surface area contributed by atoms with Crippen molar-refractivity contribution in [3.05, 3.63) is 58.6 Å². The molecule has 0 bridgehead atoms. The Morgan fingerprint density at radius 3 is 2.48 bits per heavy atom. The number of nitrogens with one attached hydrogen (secondary N) is 2.